The summed E-state index contributed by atoms with van der Waals surface area (Å²) in [7, 11) is -1.11. The molecule has 1 aromatic carbocycles. The maximum Gasteiger partial charge on any atom is 0.185 e. The highest BCUT2D eigenvalue weighted by Gasteiger charge is 2.05. The molecule has 0 spiro atoms. The zero-order chi connectivity index (χ0) is 13.4. The first-order valence-corrected chi connectivity index (χ1v) is 9.69. The number of carbonyl (C=O) groups excluding carboxylic acids is 1. The van der Waals surface area contributed by atoms with Crippen LogP contribution in [-0.2, 0) is 0 Å². The molecular weight excluding hydrogens is 236 g/mol. The number of hydrogen-bond acceptors (Lipinski definition) is 1. The first-order valence-electron chi connectivity index (χ1n) is 6.11. The van der Waals surface area contributed by atoms with Crippen LogP contribution in [0.5, 0.6) is 0 Å². The lowest BCUT2D eigenvalue weighted by Crippen LogP contribution is -2.14. The first-order chi connectivity index (χ1) is 8.49. The second-order valence-corrected chi connectivity index (χ2v) is 10.3. The van der Waals surface area contributed by atoms with Crippen molar-refractivity contribution in [3.63, 3.8) is 0 Å². The summed E-state index contributed by atoms with van der Waals surface area (Å²) in [4.78, 5) is 11.7. The van der Waals surface area contributed by atoms with Crippen molar-refractivity contribution in [3.05, 3.63) is 72.0 Å². The summed E-state index contributed by atoms with van der Waals surface area (Å²) >= 11 is 0. The number of carbonyl (C=O) groups is 1. The van der Waals surface area contributed by atoms with Gasteiger partial charge in [-0.2, -0.15) is 0 Å². The van der Waals surface area contributed by atoms with E-state index in [1.54, 1.807) is 12.2 Å². The van der Waals surface area contributed by atoms with Crippen molar-refractivity contribution in [2.24, 2.45) is 0 Å². The minimum Gasteiger partial charge on any atom is -0.289 e. The van der Waals surface area contributed by atoms with Crippen molar-refractivity contribution in [2.45, 2.75) is 19.6 Å². The third kappa shape index (κ3) is 6.16. The lowest BCUT2D eigenvalue weighted by molar-refractivity contribution is 0.104. The molecule has 1 rings (SSSR count). The Morgan fingerprint density at radius 2 is 1.56 bits per heavy atom. The predicted octanol–water partition coefficient (Wildman–Crippen LogP) is 4.42. The van der Waals surface area contributed by atoms with Crippen molar-refractivity contribution < 1.29 is 4.79 Å². The molecule has 0 unspecified atom stereocenters. The molecule has 0 aliphatic carbocycles. The molecule has 0 aliphatic heterocycles. The largest absolute Gasteiger partial charge is 0.289 e. The second kappa shape index (κ2) is 6.92. The van der Waals surface area contributed by atoms with E-state index in [4.69, 9.17) is 0 Å². The van der Waals surface area contributed by atoms with Gasteiger partial charge in [-0.25, -0.2) is 0 Å². The highest BCUT2D eigenvalue weighted by atomic mass is 28.3. The summed E-state index contributed by atoms with van der Waals surface area (Å²) in [5, 5.41) is 0. The van der Waals surface area contributed by atoms with E-state index >= 15 is 0 Å². The van der Waals surface area contributed by atoms with Gasteiger partial charge in [0.2, 0.25) is 0 Å². The van der Waals surface area contributed by atoms with Gasteiger partial charge in [0.05, 0.1) is 8.07 Å². The fourth-order valence-electron chi connectivity index (χ4n) is 1.31. The molecule has 0 heterocycles. The number of rotatable bonds is 5. The van der Waals surface area contributed by atoms with Crippen LogP contribution >= 0.6 is 0 Å². The lowest BCUT2D eigenvalue weighted by atomic mass is 10.1. The summed E-state index contributed by atoms with van der Waals surface area (Å²) < 4.78 is 0. The fourth-order valence-corrected chi connectivity index (χ4v) is 2.00. The van der Waals surface area contributed by atoms with Gasteiger partial charge in [-0.05, 0) is 6.08 Å². The number of ketones is 1. The standard InChI is InChI=1S/C16H20OSi/c1-18(2,3)14-10-5-4-9-13-16(17)15-11-7-6-8-12-15/h4-14H,1-3H3/b5-4+,13-9+,14-10+. The van der Waals surface area contributed by atoms with Crippen molar-refractivity contribution in [3.8, 4) is 0 Å². The molecule has 2 heteroatoms. The molecule has 0 atom stereocenters. The first kappa shape index (κ1) is 14.4. The molecule has 0 fully saturated rings. The fraction of sp³-hybridized carbons (Fsp3) is 0.188. The third-order valence-corrected chi connectivity index (χ3v) is 3.43. The quantitative estimate of drug-likeness (QED) is 0.330. The Morgan fingerprint density at radius 3 is 2.17 bits per heavy atom. The van der Waals surface area contributed by atoms with E-state index in [1.807, 2.05) is 42.5 Å². The molecule has 0 bridgehead atoms. The molecule has 0 amide bonds. The topological polar surface area (TPSA) is 17.1 Å². The highest BCUT2D eigenvalue weighted by molar-refractivity contribution is 6.80. The van der Waals surface area contributed by atoms with Crippen LogP contribution in [0.1, 0.15) is 10.4 Å². The van der Waals surface area contributed by atoms with E-state index in [9.17, 15) is 4.79 Å². The van der Waals surface area contributed by atoms with Gasteiger partial charge in [-0.3, -0.25) is 4.79 Å². The van der Waals surface area contributed by atoms with Crippen LogP contribution < -0.4 is 0 Å². The summed E-state index contributed by atoms with van der Waals surface area (Å²) in [6.45, 7) is 6.85. The van der Waals surface area contributed by atoms with Crippen LogP contribution in [0.15, 0.2) is 66.4 Å². The van der Waals surface area contributed by atoms with Gasteiger partial charge in [0.25, 0.3) is 0 Å². The van der Waals surface area contributed by atoms with Crippen molar-refractivity contribution in [2.75, 3.05) is 0 Å². The van der Waals surface area contributed by atoms with E-state index in [0.29, 0.717) is 0 Å². The number of hydrogen-bond donors (Lipinski definition) is 0. The number of benzene rings is 1. The van der Waals surface area contributed by atoms with Crippen molar-refractivity contribution in [1.29, 1.82) is 0 Å². The minimum absolute atomic E-state index is 0.0365. The van der Waals surface area contributed by atoms with Gasteiger partial charge >= 0.3 is 0 Å². The van der Waals surface area contributed by atoms with E-state index in [1.165, 1.54) is 0 Å². The molecule has 0 aromatic heterocycles. The molecule has 94 valence electrons. The van der Waals surface area contributed by atoms with Gasteiger partial charge in [0.15, 0.2) is 5.78 Å². The highest BCUT2D eigenvalue weighted by Crippen LogP contribution is 2.02. The molecule has 1 nitrogen and oxygen atoms in total. The average Bonchev–Trinajstić information content (AvgIpc) is 2.33. The van der Waals surface area contributed by atoms with E-state index in [-0.39, 0.29) is 5.78 Å². The van der Waals surface area contributed by atoms with Gasteiger partial charge in [-0.1, -0.05) is 80.0 Å². The molecule has 0 N–H and O–H groups in total. The Balaban J connectivity index is 2.49. The second-order valence-electron chi connectivity index (χ2n) is 5.20. The monoisotopic (exact) mass is 256 g/mol. The molecule has 1 aromatic rings. The summed E-state index contributed by atoms with van der Waals surface area (Å²) in [5.41, 5.74) is 2.98. The maximum atomic E-state index is 11.7. The van der Waals surface area contributed by atoms with Crippen molar-refractivity contribution >= 4 is 13.9 Å². The molecule has 0 radical (unpaired) electrons. The zero-order valence-corrected chi connectivity index (χ0v) is 12.3. The van der Waals surface area contributed by atoms with Gasteiger partial charge < -0.3 is 0 Å². The average molecular weight is 256 g/mol. The van der Waals surface area contributed by atoms with Crippen LogP contribution in [0.4, 0.5) is 0 Å². The Hall–Kier alpha value is -1.67. The maximum absolute atomic E-state index is 11.7. The summed E-state index contributed by atoms with van der Waals surface area (Å²) in [5.74, 6) is 0.0365. The van der Waals surface area contributed by atoms with Gasteiger partial charge in [-0.15, -0.1) is 0 Å². The van der Waals surface area contributed by atoms with Crippen molar-refractivity contribution in [1.82, 2.24) is 0 Å². The van der Waals surface area contributed by atoms with Crippen LogP contribution in [0, 0.1) is 0 Å². The van der Waals surface area contributed by atoms with Crippen LogP contribution in [0.3, 0.4) is 0 Å². The van der Waals surface area contributed by atoms with Crippen LogP contribution in [0.25, 0.3) is 0 Å². The molecule has 0 saturated heterocycles. The zero-order valence-electron chi connectivity index (χ0n) is 11.3. The molecule has 18 heavy (non-hydrogen) atoms. The summed E-state index contributed by atoms with van der Waals surface area (Å²) in [6, 6.07) is 9.28. The van der Waals surface area contributed by atoms with Crippen LogP contribution in [-0.4, -0.2) is 13.9 Å². The Labute approximate surface area is 111 Å². The van der Waals surface area contributed by atoms with E-state index in [2.05, 4.69) is 31.4 Å². The Kier molecular flexibility index (Phi) is 5.53. The lowest BCUT2D eigenvalue weighted by Gasteiger charge is -2.06. The van der Waals surface area contributed by atoms with E-state index < -0.39 is 8.07 Å². The number of allylic oxidation sites excluding steroid dienone is 5. The predicted molar refractivity (Wildman–Crippen MR) is 81.5 cm³/mol. The SMILES string of the molecule is C[Si](C)(C)/C=C/C=C/C=C/C(=O)c1ccccc1. The summed E-state index contributed by atoms with van der Waals surface area (Å²) in [6.07, 6.45) is 9.28. The smallest absolute Gasteiger partial charge is 0.185 e. The molecule has 0 aliphatic rings. The van der Waals surface area contributed by atoms with E-state index in [0.717, 1.165) is 5.56 Å². The third-order valence-electron chi connectivity index (χ3n) is 2.24. The van der Waals surface area contributed by atoms with Gasteiger partial charge in [0.1, 0.15) is 0 Å². The Bertz CT molecular complexity index is 462. The Morgan fingerprint density at radius 1 is 0.944 bits per heavy atom. The minimum atomic E-state index is -1.11. The van der Waals surface area contributed by atoms with Gasteiger partial charge in [0, 0.05) is 5.56 Å². The normalized spacial score (nSPS) is 12.8. The molecular formula is C16H20OSi. The van der Waals surface area contributed by atoms with Crippen LogP contribution in [0.2, 0.25) is 19.6 Å². The molecule has 0 saturated carbocycles.